The highest BCUT2D eigenvalue weighted by Gasteiger charge is 2.22. The molecule has 22 heavy (non-hydrogen) atoms. The number of aromatic nitrogens is 1. The number of hydrogen-bond acceptors (Lipinski definition) is 3. The number of halogens is 1. The molecule has 0 saturated heterocycles. The van der Waals surface area contributed by atoms with Crippen molar-refractivity contribution in [2.24, 2.45) is 0 Å². The summed E-state index contributed by atoms with van der Waals surface area (Å²) in [5.41, 5.74) is -0.312. The summed E-state index contributed by atoms with van der Waals surface area (Å²) in [4.78, 5) is 34.5. The maximum Gasteiger partial charge on any atom is 0.341 e. The van der Waals surface area contributed by atoms with E-state index in [4.69, 9.17) is 16.7 Å². The van der Waals surface area contributed by atoms with Crippen molar-refractivity contribution in [2.45, 2.75) is 13.5 Å². The third kappa shape index (κ3) is 3.01. The highest BCUT2D eigenvalue weighted by Crippen LogP contribution is 2.25. The van der Waals surface area contributed by atoms with Crippen LogP contribution < -0.4 is 5.43 Å². The topological polar surface area (TPSA) is 96.6 Å². The lowest BCUT2D eigenvalue weighted by Gasteiger charge is -2.17. The van der Waals surface area contributed by atoms with E-state index in [9.17, 15) is 19.5 Å². The number of nitrogens with zero attached hydrogens (tertiary/aromatic N) is 1. The molecule has 114 valence electrons. The van der Waals surface area contributed by atoms with Crippen molar-refractivity contribution in [3.63, 3.8) is 0 Å². The Balaban J connectivity index is 2.86. The summed E-state index contributed by atoms with van der Waals surface area (Å²) in [6, 6.07) is 7.29. The van der Waals surface area contributed by atoms with Crippen LogP contribution >= 0.6 is 11.6 Å². The predicted octanol–water partition coefficient (Wildman–Crippen LogP) is 2.26. The molecule has 0 aliphatic heterocycles. The van der Waals surface area contributed by atoms with E-state index in [1.807, 2.05) is 0 Å². The van der Waals surface area contributed by atoms with E-state index in [-0.39, 0.29) is 5.69 Å². The molecule has 1 aromatic carbocycles. The lowest BCUT2D eigenvalue weighted by atomic mass is 10.0. The number of aryl methyl sites for hydroxylation is 1. The van der Waals surface area contributed by atoms with Gasteiger partial charge in [0.25, 0.3) is 0 Å². The molecule has 0 aliphatic carbocycles. The SMILES string of the molecule is Cc1cc(=O)c(C(=O)O)c(-c2ccc(Cl)cc2)n1CC(=O)O. The van der Waals surface area contributed by atoms with Gasteiger partial charge in [0.1, 0.15) is 12.1 Å². The van der Waals surface area contributed by atoms with Crippen molar-refractivity contribution >= 4 is 23.5 Å². The molecular weight excluding hydrogens is 310 g/mol. The van der Waals surface area contributed by atoms with Gasteiger partial charge >= 0.3 is 11.9 Å². The first-order valence-electron chi connectivity index (χ1n) is 6.26. The quantitative estimate of drug-likeness (QED) is 0.900. The Bertz CT molecular complexity index is 808. The van der Waals surface area contributed by atoms with Crippen LogP contribution in [0, 0.1) is 6.92 Å². The van der Waals surface area contributed by atoms with Crippen LogP contribution in [0.15, 0.2) is 35.1 Å². The summed E-state index contributed by atoms with van der Waals surface area (Å²) in [6.45, 7) is 1.10. The van der Waals surface area contributed by atoms with Crippen LogP contribution in [-0.4, -0.2) is 26.7 Å². The number of hydrogen-bond donors (Lipinski definition) is 2. The fraction of sp³-hybridized carbons (Fsp3) is 0.133. The molecule has 0 fully saturated rings. The van der Waals surface area contributed by atoms with Crippen molar-refractivity contribution in [3.8, 4) is 11.3 Å². The van der Waals surface area contributed by atoms with Gasteiger partial charge in [0, 0.05) is 16.8 Å². The van der Waals surface area contributed by atoms with E-state index >= 15 is 0 Å². The first-order valence-corrected chi connectivity index (χ1v) is 6.64. The summed E-state index contributed by atoms with van der Waals surface area (Å²) in [5.74, 6) is -2.55. The maximum absolute atomic E-state index is 12.0. The van der Waals surface area contributed by atoms with E-state index < -0.39 is 29.5 Å². The van der Waals surface area contributed by atoms with Gasteiger partial charge in [0.05, 0.1) is 5.69 Å². The van der Waals surface area contributed by atoms with E-state index in [2.05, 4.69) is 0 Å². The van der Waals surface area contributed by atoms with Crippen LogP contribution in [0.1, 0.15) is 16.1 Å². The van der Waals surface area contributed by atoms with Crippen molar-refractivity contribution < 1.29 is 19.8 Å². The molecule has 0 radical (unpaired) electrons. The average Bonchev–Trinajstić information content (AvgIpc) is 2.41. The smallest absolute Gasteiger partial charge is 0.341 e. The van der Waals surface area contributed by atoms with Crippen LogP contribution in [0.4, 0.5) is 0 Å². The number of carbonyl (C=O) groups is 2. The zero-order valence-electron chi connectivity index (χ0n) is 11.5. The lowest BCUT2D eigenvalue weighted by molar-refractivity contribution is -0.137. The number of aromatic carboxylic acids is 1. The standard InChI is InChI=1S/C15H12ClNO5/c1-8-6-11(18)13(15(21)22)14(17(8)7-12(19)20)9-2-4-10(16)5-3-9/h2-6H,7H2,1H3,(H,19,20)(H,21,22). The van der Waals surface area contributed by atoms with Gasteiger partial charge in [-0.25, -0.2) is 4.79 Å². The number of aliphatic carboxylic acids is 1. The highest BCUT2D eigenvalue weighted by molar-refractivity contribution is 6.30. The van der Waals surface area contributed by atoms with Gasteiger partial charge in [-0.05, 0) is 24.6 Å². The Hall–Kier alpha value is -2.60. The van der Waals surface area contributed by atoms with Crippen LogP contribution in [0.2, 0.25) is 5.02 Å². The van der Waals surface area contributed by atoms with Crippen LogP contribution in [0.3, 0.4) is 0 Å². The number of carboxylic acid groups (broad SMARTS) is 2. The predicted molar refractivity (Wildman–Crippen MR) is 80.5 cm³/mol. The minimum atomic E-state index is -1.41. The molecule has 0 aliphatic rings. The fourth-order valence-corrected chi connectivity index (χ4v) is 2.35. The number of pyridine rings is 1. The summed E-state index contributed by atoms with van der Waals surface area (Å²) < 4.78 is 1.29. The Morgan fingerprint density at radius 3 is 2.27 bits per heavy atom. The molecule has 2 rings (SSSR count). The summed E-state index contributed by atoms with van der Waals surface area (Å²) >= 11 is 5.81. The van der Waals surface area contributed by atoms with E-state index in [1.54, 1.807) is 31.2 Å². The first kappa shape index (κ1) is 15.8. The molecule has 0 spiro atoms. The zero-order chi connectivity index (χ0) is 16.4. The molecule has 1 heterocycles. The fourth-order valence-electron chi connectivity index (χ4n) is 2.22. The molecule has 0 bridgehead atoms. The Labute approximate surface area is 130 Å². The molecule has 1 aromatic heterocycles. The van der Waals surface area contributed by atoms with Gasteiger partial charge < -0.3 is 14.8 Å². The Kier molecular flexibility index (Phi) is 4.32. The third-order valence-corrected chi connectivity index (χ3v) is 3.40. The average molecular weight is 322 g/mol. The van der Waals surface area contributed by atoms with Crippen molar-refractivity contribution in [1.82, 2.24) is 4.57 Å². The van der Waals surface area contributed by atoms with E-state index in [0.29, 0.717) is 16.3 Å². The van der Waals surface area contributed by atoms with Crippen molar-refractivity contribution in [2.75, 3.05) is 0 Å². The van der Waals surface area contributed by atoms with Gasteiger partial charge in [0.2, 0.25) is 0 Å². The normalized spacial score (nSPS) is 10.5. The second-order valence-corrected chi connectivity index (χ2v) is 5.10. The summed E-state index contributed by atoms with van der Waals surface area (Å²) in [6.07, 6.45) is 0. The molecule has 2 aromatic rings. The second kappa shape index (κ2) is 6.03. The third-order valence-electron chi connectivity index (χ3n) is 3.14. The van der Waals surface area contributed by atoms with Gasteiger partial charge in [-0.1, -0.05) is 23.7 Å². The van der Waals surface area contributed by atoms with Gasteiger partial charge in [0.15, 0.2) is 5.43 Å². The highest BCUT2D eigenvalue weighted by atomic mass is 35.5. The molecule has 0 saturated carbocycles. The molecular formula is C15H12ClNO5. The van der Waals surface area contributed by atoms with Crippen molar-refractivity contribution in [3.05, 3.63) is 56.8 Å². The number of benzene rings is 1. The molecule has 0 unspecified atom stereocenters. The molecule has 0 atom stereocenters. The van der Waals surface area contributed by atoms with E-state index in [0.717, 1.165) is 6.07 Å². The number of rotatable bonds is 4. The molecule has 2 N–H and O–H groups in total. The number of carboxylic acids is 2. The maximum atomic E-state index is 12.0. The van der Waals surface area contributed by atoms with Crippen LogP contribution in [-0.2, 0) is 11.3 Å². The largest absolute Gasteiger partial charge is 0.480 e. The van der Waals surface area contributed by atoms with E-state index in [1.165, 1.54) is 4.57 Å². The summed E-state index contributed by atoms with van der Waals surface area (Å²) in [5, 5.41) is 18.8. The minimum absolute atomic E-state index is 0.0524. The summed E-state index contributed by atoms with van der Waals surface area (Å²) in [7, 11) is 0. The van der Waals surface area contributed by atoms with Crippen LogP contribution in [0.25, 0.3) is 11.3 Å². The Morgan fingerprint density at radius 1 is 1.18 bits per heavy atom. The molecule has 6 nitrogen and oxygen atoms in total. The Morgan fingerprint density at radius 2 is 1.77 bits per heavy atom. The minimum Gasteiger partial charge on any atom is -0.480 e. The van der Waals surface area contributed by atoms with Crippen LogP contribution in [0.5, 0.6) is 0 Å². The van der Waals surface area contributed by atoms with Gasteiger partial charge in [-0.15, -0.1) is 0 Å². The first-order chi connectivity index (χ1) is 10.3. The zero-order valence-corrected chi connectivity index (χ0v) is 12.3. The lowest BCUT2D eigenvalue weighted by Crippen LogP contribution is -2.24. The van der Waals surface area contributed by atoms with Gasteiger partial charge in [-0.3, -0.25) is 9.59 Å². The molecule has 7 heteroatoms. The monoisotopic (exact) mass is 321 g/mol. The second-order valence-electron chi connectivity index (χ2n) is 4.67. The van der Waals surface area contributed by atoms with Gasteiger partial charge in [-0.2, -0.15) is 0 Å². The molecule has 0 amide bonds. The van der Waals surface area contributed by atoms with Crippen molar-refractivity contribution in [1.29, 1.82) is 0 Å².